The first kappa shape index (κ1) is 18.1. The van der Waals surface area contributed by atoms with Crippen LogP contribution >= 0.6 is 11.8 Å². The maximum atomic E-state index is 11.3. The lowest BCUT2D eigenvalue weighted by molar-refractivity contribution is -0.118. The Bertz CT molecular complexity index is 714. The number of aryl methyl sites for hydroxylation is 1. The lowest BCUT2D eigenvalue weighted by Crippen LogP contribution is -2.21. The van der Waals surface area contributed by atoms with Crippen molar-refractivity contribution in [3.63, 3.8) is 0 Å². The summed E-state index contributed by atoms with van der Waals surface area (Å²) in [7, 11) is 1.59. The molecule has 2 aromatic rings. The first-order chi connectivity index (χ1) is 11.4. The molecule has 0 saturated heterocycles. The van der Waals surface area contributed by atoms with Crippen LogP contribution in [0, 0.1) is 6.92 Å². The highest BCUT2D eigenvalue weighted by Gasteiger charge is 2.14. The van der Waals surface area contributed by atoms with E-state index in [0.717, 1.165) is 16.9 Å². The molecule has 0 radical (unpaired) electrons. The molecule has 0 fully saturated rings. The molecule has 1 heterocycles. The van der Waals surface area contributed by atoms with E-state index in [2.05, 4.69) is 41.5 Å². The van der Waals surface area contributed by atoms with Crippen LogP contribution < -0.4 is 15.9 Å². The largest absolute Gasteiger partial charge is 0.485 e. The minimum Gasteiger partial charge on any atom is -0.485 e. The van der Waals surface area contributed by atoms with Gasteiger partial charge in [0.15, 0.2) is 5.82 Å². The van der Waals surface area contributed by atoms with E-state index in [0.29, 0.717) is 16.9 Å². The molecule has 0 unspecified atom stereocenters. The lowest BCUT2D eigenvalue weighted by Gasteiger charge is -2.14. The predicted molar refractivity (Wildman–Crippen MR) is 94.6 cm³/mol. The van der Waals surface area contributed by atoms with Crippen LogP contribution in [-0.4, -0.2) is 33.6 Å². The summed E-state index contributed by atoms with van der Waals surface area (Å²) in [6.07, 6.45) is 0. The number of ether oxygens (including phenoxy) is 1. The van der Waals surface area contributed by atoms with Gasteiger partial charge in [0.05, 0.1) is 5.75 Å². The molecule has 3 N–H and O–H groups in total. The molecule has 1 amide bonds. The SMILES string of the molecule is CNC(=O)CSc1nnc(COc2cc(C)ccc2C(C)C)n1N. The topological polar surface area (TPSA) is 95.1 Å². The Kier molecular flexibility index (Phi) is 6.08. The number of amides is 1. The standard InChI is InChI=1S/C16H23N5O2S/c1-10(2)12-6-5-11(3)7-13(12)23-8-14-19-20-16(21(14)17)24-9-15(22)18-4/h5-7,10H,8-9,17H2,1-4H3,(H,18,22). The van der Waals surface area contributed by atoms with Crippen molar-refractivity contribution in [2.24, 2.45) is 0 Å². The number of nitrogens with one attached hydrogen (secondary N) is 1. The highest BCUT2D eigenvalue weighted by atomic mass is 32.2. The van der Waals surface area contributed by atoms with Gasteiger partial charge in [-0.3, -0.25) is 4.79 Å². The van der Waals surface area contributed by atoms with Crippen LogP contribution in [0.25, 0.3) is 0 Å². The van der Waals surface area contributed by atoms with E-state index in [1.807, 2.05) is 13.0 Å². The number of benzene rings is 1. The zero-order chi connectivity index (χ0) is 17.7. The number of hydrogen-bond acceptors (Lipinski definition) is 6. The zero-order valence-electron chi connectivity index (χ0n) is 14.4. The predicted octanol–water partition coefficient (Wildman–Crippen LogP) is 1.84. The normalized spacial score (nSPS) is 10.9. The molecular formula is C16H23N5O2S. The molecule has 0 atom stereocenters. The van der Waals surface area contributed by atoms with Crippen molar-refractivity contribution in [2.45, 2.75) is 38.5 Å². The van der Waals surface area contributed by atoms with E-state index in [4.69, 9.17) is 10.6 Å². The summed E-state index contributed by atoms with van der Waals surface area (Å²) in [6, 6.07) is 6.15. The maximum Gasteiger partial charge on any atom is 0.230 e. The van der Waals surface area contributed by atoms with Gasteiger partial charge in [0.25, 0.3) is 0 Å². The fourth-order valence-corrected chi connectivity index (χ4v) is 2.84. The average Bonchev–Trinajstić information content (AvgIpc) is 2.90. The molecule has 0 bridgehead atoms. The number of hydrogen-bond donors (Lipinski definition) is 2. The Morgan fingerprint density at radius 1 is 1.42 bits per heavy atom. The molecule has 0 spiro atoms. The van der Waals surface area contributed by atoms with Crippen molar-refractivity contribution in [3.8, 4) is 5.75 Å². The maximum absolute atomic E-state index is 11.3. The van der Waals surface area contributed by atoms with Crippen LogP contribution in [0.15, 0.2) is 23.4 Å². The molecule has 7 nitrogen and oxygen atoms in total. The van der Waals surface area contributed by atoms with Crippen LogP contribution in [-0.2, 0) is 11.4 Å². The van der Waals surface area contributed by atoms with Crippen LogP contribution in [0.3, 0.4) is 0 Å². The van der Waals surface area contributed by atoms with Gasteiger partial charge >= 0.3 is 0 Å². The molecule has 1 aromatic heterocycles. The molecule has 0 aliphatic rings. The Morgan fingerprint density at radius 2 is 2.17 bits per heavy atom. The fraction of sp³-hybridized carbons (Fsp3) is 0.438. The summed E-state index contributed by atoms with van der Waals surface area (Å²) in [4.78, 5) is 11.3. The fourth-order valence-electron chi connectivity index (χ4n) is 2.09. The summed E-state index contributed by atoms with van der Waals surface area (Å²) in [5.74, 6) is 7.81. The monoisotopic (exact) mass is 349 g/mol. The first-order valence-electron chi connectivity index (χ1n) is 7.68. The van der Waals surface area contributed by atoms with E-state index in [1.54, 1.807) is 7.05 Å². The third-order valence-electron chi connectivity index (χ3n) is 3.49. The molecule has 2 rings (SSSR count). The van der Waals surface area contributed by atoms with E-state index >= 15 is 0 Å². The second-order valence-corrected chi connectivity index (χ2v) is 6.66. The van der Waals surface area contributed by atoms with Gasteiger partial charge in [0, 0.05) is 7.05 Å². The molecule has 0 aliphatic heterocycles. The van der Waals surface area contributed by atoms with Crippen LogP contribution in [0.1, 0.15) is 36.7 Å². The van der Waals surface area contributed by atoms with Gasteiger partial charge in [0.2, 0.25) is 11.1 Å². The molecular weight excluding hydrogens is 326 g/mol. The molecule has 0 aliphatic carbocycles. The number of nitrogens with two attached hydrogens (primary N) is 1. The second kappa shape index (κ2) is 8.05. The molecule has 1 aromatic carbocycles. The van der Waals surface area contributed by atoms with Gasteiger partial charge in [-0.15, -0.1) is 10.2 Å². The number of nitrogens with zero attached hydrogens (tertiary/aromatic N) is 3. The molecule has 130 valence electrons. The van der Waals surface area contributed by atoms with Gasteiger partial charge in [0.1, 0.15) is 12.4 Å². The summed E-state index contributed by atoms with van der Waals surface area (Å²) in [5, 5.41) is 11.1. The Morgan fingerprint density at radius 3 is 2.83 bits per heavy atom. The van der Waals surface area contributed by atoms with Crippen molar-refractivity contribution in [1.29, 1.82) is 0 Å². The minimum atomic E-state index is -0.0952. The van der Waals surface area contributed by atoms with Crippen LogP contribution in [0.5, 0.6) is 5.75 Å². The first-order valence-corrected chi connectivity index (χ1v) is 8.67. The summed E-state index contributed by atoms with van der Waals surface area (Å²) in [6.45, 7) is 6.48. The summed E-state index contributed by atoms with van der Waals surface area (Å²) < 4.78 is 7.27. The van der Waals surface area contributed by atoms with Crippen molar-refractivity contribution in [2.75, 3.05) is 18.6 Å². The van der Waals surface area contributed by atoms with Gasteiger partial charge in [-0.05, 0) is 30.0 Å². The van der Waals surface area contributed by atoms with E-state index in [-0.39, 0.29) is 18.3 Å². The van der Waals surface area contributed by atoms with Gasteiger partial charge in [-0.2, -0.15) is 0 Å². The number of thioether (sulfide) groups is 1. The number of nitrogen functional groups attached to an aromatic ring is 1. The highest BCUT2D eigenvalue weighted by Crippen LogP contribution is 2.28. The van der Waals surface area contributed by atoms with E-state index in [9.17, 15) is 4.79 Å². The Hall–Kier alpha value is -2.22. The summed E-state index contributed by atoms with van der Waals surface area (Å²) in [5.41, 5.74) is 2.27. The summed E-state index contributed by atoms with van der Waals surface area (Å²) >= 11 is 1.23. The minimum absolute atomic E-state index is 0.0952. The third kappa shape index (κ3) is 4.41. The van der Waals surface area contributed by atoms with Gasteiger partial charge in [-0.1, -0.05) is 37.7 Å². The van der Waals surface area contributed by atoms with E-state index in [1.165, 1.54) is 16.4 Å². The average molecular weight is 349 g/mol. The van der Waals surface area contributed by atoms with Crippen molar-refractivity contribution in [1.82, 2.24) is 20.2 Å². The lowest BCUT2D eigenvalue weighted by atomic mass is 10.0. The number of rotatable bonds is 7. The Labute approximate surface area is 145 Å². The Balaban J connectivity index is 2.06. The molecule has 0 saturated carbocycles. The van der Waals surface area contributed by atoms with E-state index < -0.39 is 0 Å². The number of carbonyl (C=O) groups excluding carboxylic acids is 1. The van der Waals surface area contributed by atoms with Gasteiger partial charge < -0.3 is 15.9 Å². The van der Waals surface area contributed by atoms with Gasteiger partial charge in [-0.25, -0.2) is 4.68 Å². The number of carbonyl (C=O) groups is 1. The smallest absolute Gasteiger partial charge is 0.230 e. The molecule has 24 heavy (non-hydrogen) atoms. The van der Waals surface area contributed by atoms with Crippen LogP contribution in [0.4, 0.5) is 0 Å². The van der Waals surface area contributed by atoms with Crippen molar-refractivity contribution < 1.29 is 9.53 Å². The van der Waals surface area contributed by atoms with Crippen LogP contribution in [0.2, 0.25) is 0 Å². The zero-order valence-corrected chi connectivity index (χ0v) is 15.2. The second-order valence-electron chi connectivity index (χ2n) is 5.72. The molecule has 8 heteroatoms. The number of aromatic nitrogens is 3. The van der Waals surface area contributed by atoms with Crippen molar-refractivity contribution >= 4 is 17.7 Å². The highest BCUT2D eigenvalue weighted by molar-refractivity contribution is 7.99. The third-order valence-corrected chi connectivity index (χ3v) is 4.44. The quantitative estimate of drug-likeness (QED) is 0.585. The van der Waals surface area contributed by atoms with Crippen molar-refractivity contribution in [3.05, 3.63) is 35.2 Å².